The van der Waals surface area contributed by atoms with Gasteiger partial charge in [0.05, 0.1) is 6.26 Å². The minimum atomic E-state index is 0.615. The minimum absolute atomic E-state index is 0.615. The lowest BCUT2D eigenvalue weighted by molar-refractivity contribution is 0.237. The first-order valence-corrected chi connectivity index (χ1v) is 21.1. The number of nitrogens with zero attached hydrogens (tertiary/aromatic N) is 1. The van der Waals surface area contributed by atoms with Gasteiger partial charge in [-0.05, 0) is 94.1 Å². The van der Waals surface area contributed by atoms with Crippen molar-refractivity contribution in [2.45, 2.75) is 168 Å². The molecule has 0 amide bonds. The molecule has 3 nitrogen and oxygen atoms in total. The lowest BCUT2D eigenvalue weighted by Crippen LogP contribution is -2.09. The first-order chi connectivity index (χ1) is 26.2. The Morgan fingerprint density at radius 1 is 0.636 bits per heavy atom. The number of allylic oxidation sites excluding steroid dienone is 1. The van der Waals surface area contributed by atoms with Crippen LogP contribution in [0.2, 0.25) is 0 Å². The molecule has 0 aliphatic rings. The summed E-state index contributed by atoms with van der Waals surface area (Å²) in [4.78, 5) is 3.49. The highest BCUT2D eigenvalue weighted by molar-refractivity contribution is 5.25. The van der Waals surface area contributed by atoms with E-state index in [1.54, 1.807) is 6.08 Å². The van der Waals surface area contributed by atoms with E-state index in [2.05, 4.69) is 213 Å². The fourth-order valence-electron chi connectivity index (χ4n) is 3.40. The summed E-state index contributed by atoms with van der Waals surface area (Å²) < 4.78 is 5.02. The number of rotatable bonds is 10. The maximum Gasteiger partial charge on any atom is 0.112 e. The Morgan fingerprint density at radius 2 is 0.945 bits per heavy atom. The molecule has 0 saturated carbocycles. The second-order valence-corrected chi connectivity index (χ2v) is 13.3. The summed E-state index contributed by atoms with van der Waals surface area (Å²) in [6, 6.07) is 26.0. The van der Waals surface area contributed by atoms with Crippen LogP contribution in [0.3, 0.4) is 0 Å². The van der Waals surface area contributed by atoms with E-state index in [4.69, 9.17) is 4.74 Å². The second-order valence-electron chi connectivity index (χ2n) is 13.3. The average molecular weight is 761 g/mol. The zero-order chi connectivity index (χ0) is 43.7. The van der Waals surface area contributed by atoms with Crippen molar-refractivity contribution in [1.82, 2.24) is 5.32 Å². The van der Waals surface area contributed by atoms with Crippen molar-refractivity contribution in [3.8, 4) is 0 Å². The van der Waals surface area contributed by atoms with E-state index >= 15 is 0 Å². The molecule has 3 heteroatoms. The predicted molar refractivity (Wildman–Crippen MR) is 258 cm³/mol. The maximum atomic E-state index is 5.02. The van der Waals surface area contributed by atoms with Crippen molar-refractivity contribution in [2.24, 2.45) is 4.99 Å². The summed E-state index contributed by atoms with van der Waals surface area (Å²) in [6.45, 7) is 49.7. The van der Waals surface area contributed by atoms with E-state index in [0.29, 0.717) is 18.4 Å². The smallest absolute Gasteiger partial charge is 0.112 e. The van der Waals surface area contributed by atoms with E-state index in [0.717, 1.165) is 19.6 Å². The molecule has 0 unspecified atom stereocenters. The van der Waals surface area contributed by atoms with Crippen LogP contribution in [0.4, 0.5) is 0 Å². The van der Waals surface area contributed by atoms with Crippen LogP contribution in [0.25, 0.3) is 0 Å². The molecule has 0 fully saturated rings. The van der Waals surface area contributed by atoms with E-state index in [1.165, 1.54) is 71.7 Å². The molecular weight excluding hydrogens is 669 g/mol. The Hall–Kier alpha value is -3.65. The highest BCUT2D eigenvalue weighted by Gasteiger charge is 1.98. The molecule has 0 spiro atoms. The Bertz CT molecular complexity index is 1160. The molecule has 3 rings (SSSR count). The topological polar surface area (TPSA) is 33.6 Å². The highest BCUT2D eigenvalue weighted by Crippen LogP contribution is 2.15. The van der Waals surface area contributed by atoms with Gasteiger partial charge in [0.2, 0.25) is 0 Å². The largest absolute Gasteiger partial charge is 0.497 e. The monoisotopic (exact) mass is 761 g/mol. The van der Waals surface area contributed by atoms with Crippen LogP contribution < -0.4 is 5.32 Å². The van der Waals surface area contributed by atoms with Gasteiger partial charge in [-0.3, -0.25) is 0 Å². The van der Waals surface area contributed by atoms with Crippen LogP contribution in [-0.4, -0.2) is 26.4 Å². The zero-order valence-corrected chi connectivity index (χ0v) is 39.6. The van der Waals surface area contributed by atoms with Gasteiger partial charge in [0, 0.05) is 6.54 Å². The Balaban J connectivity index is -0.000000130. The van der Waals surface area contributed by atoms with Gasteiger partial charge in [-0.15, -0.1) is 5.73 Å². The van der Waals surface area contributed by atoms with E-state index < -0.39 is 0 Å². The average Bonchev–Trinajstić information content (AvgIpc) is 3.17. The molecular formula is C52H92N2O. The van der Waals surface area contributed by atoms with Gasteiger partial charge < -0.3 is 15.0 Å². The summed E-state index contributed by atoms with van der Waals surface area (Å²) in [5.74, 6) is 1.31. The predicted octanol–water partition coefficient (Wildman–Crippen LogP) is 16.5. The van der Waals surface area contributed by atoms with Crippen molar-refractivity contribution < 1.29 is 4.74 Å². The van der Waals surface area contributed by atoms with Gasteiger partial charge in [0.1, 0.15) is 6.61 Å². The van der Waals surface area contributed by atoms with Crippen LogP contribution >= 0.6 is 0 Å². The molecule has 0 bridgehead atoms. The van der Waals surface area contributed by atoms with Crippen molar-refractivity contribution in [2.75, 3.05) is 19.6 Å². The van der Waals surface area contributed by atoms with Crippen LogP contribution in [0, 0.1) is 13.8 Å². The second kappa shape index (κ2) is 54.7. The lowest BCUT2D eigenvalue weighted by Gasteiger charge is -2.05. The quantitative estimate of drug-likeness (QED) is 0.127. The van der Waals surface area contributed by atoms with Crippen molar-refractivity contribution in [3.05, 3.63) is 137 Å². The van der Waals surface area contributed by atoms with Crippen LogP contribution in [0.1, 0.15) is 175 Å². The minimum Gasteiger partial charge on any atom is -0.497 e. The number of ether oxygens (including phenoxy) is 1. The van der Waals surface area contributed by atoms with Crippen molar-refractivity contribution in [3.63, 3.8) is 0 Å². The summed E-state index contributed by atoms with van der Waals surface area (Å²) in [6.07, 6.45) is 9.42. The molecule has 316 valence electrons. The molecule has 0 radical (unpaired) electrons. The number of hydrogen-bond acceptors (Lipinski definition) is 3. The zero-order valence-electron chi connectivity index (χ0n) is 39.6. The molecule has 3 aromatic carbocycles. The van der Waals surface area contributed by atoms with Gasteiger partial charge in [-0.2, -0.15) is 0 Å². The molecule has 0 aromatic heterocycles. The van der Waals surface area contributed by atoms with Crippen LogP contribution in [0.15, 0.2) is 109 Å². The normalized spacial score (nSPS) is 8.56. The van der Waals surface area contributed by atoms with Gasteiger partial charge in [-0.1, -0.05) is 213 Å². The van der Waals surface area contributed by atoms with Crippen LogP contribution in [0.5, 0.6) is 0 Å². The standard InChI is InChI=1S/C12H18.C10H12O.C10H14.C4H11N.C4H6.C3H7N.3C3H8/c1-4-5-11-6-8-12(9-7-11)10(2)3;1-3-11-8-10-6-4-9(2)5-7-10;1-8(2)10-6-4-9(3)5-7-10;1-3-5-4-2;2*1-3-4-2;3*1-3-2/h6-10H,4-5H2,1-3H3;3-7H,1,8H2,2H3;4-8H,1-3H3;5H,3-4H2,1-2H3;4H,1H2,2H3;2-3H2,1H3;3*3H2,1-2H3. The number of aliphatic imine (C=N–C) groups is 1. The first kappa shape index (κ1) is 63.3. The molecule has 0 aliphatic carbocycles. The summed E-state index contributed by atoms with van der Waals surface area (Å²) in [5.41, 5.74) is 10.7. The van der Waals surface area contributed by atoms with Gasteiger partial charge in [-0.25, -0.2) is 0 Å². The number of nitrogens with one attached hydrogen (secondary N) is 1. The SMILES string of the molecule is C=C=CC.C=COCc1ccc(C)cc1.C=NCC.CCC.CCC.CCC.CCCc1ccc(C(C)C)cc1.CCNCC.Cc1ccc(C(C)C)cc1. The maximum absolute atomic E-state index is 5.02. The molecule has 0 atom stereocenters. The molecule has 1 N–H and O–H groups in total. The summed E-state index contributed by atoms with van der Waals surface area (Å²) in [7, 11) is 0. The Labute approximate surface area is 345 Å². The fraction of sp³-hybridized carbons (Fsp3) is 0.538. The summed E-state index contributed by atoms with van der Waals surface area (Å²) >= 11 is 0. The van der Waals surface area contributed by atoms with E-state index in [9.17, 15) is 0 Å². The van der Waals surface area contributed by atoms with Crippen molar-refractivity contribution >= 4 is 6.72 Å². The Morgan fingerprint density at radius 3 is 1.18 bits per heavy atom. The third-order valence-electron chi connectivity index (χ3n) is 6.35. The Kier molecular flexibility index (Phi) is 62.9. The summed E-state index contributed by atoms with van der Waals surface area (Å²) in [5, 5.41) is 3.11. The first-order valence-electron chi connectivity index (χ1n) is 21.1. The number of hydrogen-bond donors (Lipinski definition) is 1. The van der Waals surface area contributed by atoms with Crippen LogP contribution in [-0.2, 0) is 17.8 Å². The molecule has 0 aliphatic heterocycles. The number of aryl methyl sites for hydroxylation is 3. The fourth-order valence-corrected chi connectivity index (χ4v) is 3.40. The van der Waals surface area contributed by atoms with Gasteiger partial charge >= 0.3 is 0 Å². The molecule has 3 aromatic rings. The molecule has 0 saturated heterocycles. The van der Waals surface area contributed by atoms with E-state index in [1.807, 2.05) is 13.8 Å². The van der Waals surface area contributed by atoms with E-state index in [-0.39, 0.29) is 0 Å². The third kappa shape index (κ3) is 57.2. The molecule has 0 heterocycles. The third-order valence-corrected chi connectivity index (χ3v) is 6.35. The highest BCUT2D eigenvalue weighted by atomic mass is 16.5. The molecule has 55 heavy (non-hydrogen) atoms. The van der Waals surface area contributed by atoms with Gasteiger partial charge in [0.15, 0.2) is 0 Å². The lowest BCUT2D eigenvalue weighted by atomic mass is 10.0. The van der Waals surface area contributed by atoms with Crippen molar-refractivity contribution in [1.29, 1.82) is 0 Å². The number of benzene rings is 3. The van der Waals surface area contributed by atoms with Gasteiger partial charge in [0.25, 0.3) is 0 Å².